The van der Waals surface area contributed by atoms with E-state index in [9.17, 15) is 4.79 Å². The molecule has 0 aromatic carbocycles. The number of aromatic nitrogens is 2. The van der Waals surface area contributed by atoms with Gasteiger partial charge in [0.2, 0.25) is 5.91 Å². The van der Waals surface area contributed by atoms with Gasteiger partial charge in [-0.3, -0.25) is 9.48 Å². The van der Waals surface area contributed by atoms with Crippen LogP contribution in [0.25, 0.3) is 0 Å². The average Bonchev–Trinajstić information content (AvgIpc) is 2.74. The van der Waals surface area contributed by atoms with E-state index in [4.69, 9.17) is 0 Å². The first-order chi connectivity index (χ1) is 8.51. The van der Waals surface area contributed by atoms with Crippen LogP contribution in [0.2, 0.25) is 0 Å². The highest BCUT2D eigenvalue weighted by atomic mass is 16.2. The van der Waals surface area contributed by atoms with Crippen LogP contribution in [0.5, 0.6) is 0 Å². The maximum atomic E-state index is 12.5. The molecule has 5 nitrogen and oxygen atoms in total. The number of aryl methyl sites for hydroxylation is 1. The quantitative estimate of drug-likeness (QED) is 0.867. The second-order valence-corrected chi connectivity index (χ2v) is 5.40. The molecule has 0 saturated carbocycles. The number of likely N-dealkylation sites (N-methyl/N-ethyl adjacent to an activating group) is 1. The van der Waals surface area contributed by atoms with E-state index in [0.29, 0.717) is 6.54 Å². The Labute approximate surface area is 108 Å². The van der Waals surface area contributed by atoms with Crippen molar-refractivity contribution in [2.45, 2.75) is 38.3 Å². The molecule has 1 N–H and O–H groups in total. The summed E-state index contributed by atoms with van der Waals surface area (Å²) < 4.78 is 1.76. The van der Waals surface area contributed by atoms with Gasteiger partial charge in [-0.25, -0.2) is 0 Å². The van der Waals surface area contributed by atoms with Crippen LogP contribution in [0.3, 0.4) is 0 Å². The number of piperidine rings is 1. The average molecular weight is 250 g/mol. The molecule has 5 heteroatoms. The number of amides is 1. The van der Waals surface area contributed by atoms with E-state index in [1.54, 1.807) is 15.8 Å². The van der Waals surface area contributed by atoms with Gasteiger partial charge in [-0.15, -0.1) is 0 Å². The fourth-order valence-corrected chi connectivity index (χ4v) is 2.56. The molecular weight excluding hydrogens is 228 g/mol. The lowest BCUT2D eigenvalue weighted by Gasteiger charge is -2.36. The van der Waals surface area contributed by atoms with Crippen molar-refractivity contribution in [3.63, 3.8) is 0 Å². The minimum absolute atomic E-state index is 0.172. The van der Waals surface area contributed by atoms with Crippen LogP contribution in [0.15, 0.2) is 12.4 Å². The Bertz CT molecular complexity index is 420. The zero-order valence-electron chi connectivity index (χ0n) is 11.4. The topological polar surface area (TPSA) is 50.2 Å². The van der Waals surface area contributed by atoms with Crippen LogP contribution in [0.1, 0.15) is 31.7 Å². The number of rotatable bonds is 3. The Balaban J connectivity index is 1.99. The highest BCUT2D eigenvalue weighted by Crippen LogP contribution is 2.21. The summed E-state index contributed by atoms with van der Waals surface area (Å²) in [7, 11) is 3.74. The van der Waals surface area contributed by atoms with E-state index in [1.807, 2.05) is 27.2 Å². The molecule has 1 saturated heterocycles. The normalized spacial score (nSPS) is 23.9. The molecule has 2 rings (SSSR count). The number of nitrogens with one attached hydrogen (secondary N) is 1. The molecule has 0 bridgehead atoms. The van der Waals surface area contributed by atoms with Gasteiger partial charge < -0.3 is 10.2 Å². The van der Waals surface area contributed by atoms with Crippen molar-refractivity contribution < 1.29 is 4.79 Å². The molecule has 1 unspecified atom stereocenters. The number of nitrogens with zero attached hydrogens (tertiary/aromatic N) is 3. The second kappa shape index (κ2) is 5.10. The number of carbonyl (C=O) groups excluding carboxylic acids is 1. The molecule has 1 amide bonds. The van der Waals surface area contributed by atoms with Crippen LogP contribution in [-0.2, 0) is 18.4 Å². The van der Waals surface area contributed by atoms with Gasteiger partial charge in [-0.1, -0.05) is 0 Å². The van der Waals surface area contributed by atoms with Gasteiger partial charge in [0, 0.05) is 32.4 Å². The van der Waals surface area contributed by atoms with Gasteiger partial charge in [0.25, 0.3) is 0 Å². The molecule has 0 radical (unpaired) electrons. The van der Waals surface area contributed by atoms with Gasteiger partial charge in [0.05, 0.1) is 11.7 Å². The van der Waals surface area contributed by atoms with E-state index >= 15 is 0 Å². The minimum atomic E-state index is -0.394. The molecule has 18 heavy (non-hydrogen) atoms. The standard InChI is InChI=1S/C13H22N4O/c1-13(6-4-5-7-14-13)12(18)16(2)9-11-8-15-17(3)10-11/h8,10,14H,4-7,9H2,1-3H3. The summed E-state index contributed by atoms with van der Waals surface area (Å²) >= 11 is 0. The number of hydrogen-bond acceptors (Lipinski definition) is 3. The van der Waals surface area contributed by atoms with Crippen LogP contribution in [0, 0.1) is 0 Å². The molecule has 2 heterocycles. The third kappa shape index (κ3) is 2.72. The van der Waals surface area contributed by atoms with E-state index in [0.717, 1.165) is 31.4 Å². The Morgan fingerprint density at radius 1 is 1.61 bits per heavy atom. The summed E-state index contributed by atoms with van der Waals surface area (Å²) in [5.41, 5.74) is 0.669. The zero-order chi connectivity index (χ0) is 13.2. The van der Waals surface area contributed by atoms with Crippen molar-refractivity contribution in [2.24, 2.45) is 7.05 Å². The molecule has 0 aliphatic carbocycles. The monoisotopic (exact) mass is 250 g/mol. The zero-order valence-corrected chi connectivity index (χ0v) is 11.4. The molecule has 1 aromatic heterocycles. The lowest BCUT2D eigenvalue weighted by atomic mass is 9.89. The first kappa shape index (κ1) is 13.1. The fraction of sp³-hybridized carbons (Fsp3) is 0.692. The third-order valence-electron chi connectivity index (χ3n) is 3.62. The molecule has 1 fully saturated rings. The van der Waals surface area contributed by atoms with E-state index in [1.165, 1.54) is 0 Å². The van der Waals surface area contributed by atoms with Crippen molar-refractivity contribution >= 4 is 5.91 Å². The van der Waals surface area contributed by atoms with Gasteiger partial charge in [0.1, 0.15) is 0 Å². The van der Waals surface area contributed by atoms with Gasteiger partial charge >= 0.3 is 0 Å². The van der Waals surface area contributed by atoms with Crippen molar-refractivity contribution in [1.82, 2.24) is 20.0 Å². The van der Waals surface area contributed by atoms with Gasteiger partial charge in [0.15, 0.2) is 0 Å². The maximum absolute atomic E-state index is 12.5. The first-order valence-corrected chi connectivity index (χ1v) is 6.49. The molecule has 100 valence electrons. The molecular formula is C13H22N4O. The van der Waals surface area contributed by atoms with E-state index < -0.39 is 5.54 Å². The minimum Gasteiger partial charge on any atom is -0.340 e. The smallest absolute Gasteiger partial charge is 0.242 e. The molecule has 1 atom stereocenters. The summed E-state index contributed by atoms with van der Waals surface area (Å²) in [6, 6.07) is 0. The van der Waals surface area contributed by atoms with Crippen molar-refractivity contribution in [3.8, 4) is 0 Å². The third-order valence-corrected chi connectivity index (χ3v) is 3.62. The fourth-order valence-electron chi connectivity index (χ4n) is 2.56. The molecule has 0 spiro atoms. The largest absolute Gasteiger partial charge is 0.340 e. The molecule has 1 aromatic rings. The predicted octanol–water partition coefficient (Wildman–Crippen LogP) is 0.911. The Morgan fingerprint density at radius 3 is 2.94 bits per heavy atom. The lowest BCUT2D eigenvalue weighted by Crippen LogP contribution is -2.57. The van der Waals surface area contributed by atoms with E-state index in [2.05, 4.69) is 10.4 Å². The van der Waals surface area contributed by atoms with Crippen LogP contribution < -0.4 is 5.32 Å². The highest BCUT2D eigenvalue weighted by Gasteiger charge is 2.36. The second-order valence-electron chi connectivity index (χ2n) is 5.40. The Hall–Kier alpha value is -1.36. The summed E-state index contributed by atoms with van der Waals surface area (Å²) in [6.45, 7) is 3.56. The molecule has 1 aliphatic rings. The maximum Gasteiger partial charge on any atom is 0.242 e. The number of carbonyl (C=O) groups is 1. The van der Waals surface area contributed by atoms with Gasteiger partial charge in [-0.05, 0) is 32.7 Å². The van der Waals surface area contributed by atoms with E-state index in [-0.39, 0.29) is 5.91 Å². The highest BCUT2D eigenvalue weighted by molar-refractivity contribution is 5.85. The van der Waals surface area contributed by atoms with Crippen molar-refractivity contribution in [3.05, 3.63) is 18.0 Å². The first-order valence-electron chi connectivity index (χ1n) is 6.49. The van der Waals surface area contributed by atoms with Crippen molar-refractivity contribution in [1.29, 1.82) is 0 Å². The van der Waals surface area contributed by atoms with Crippen molar-refractivity contribution in [2.75, 3.05) is 13.6 Å². The predicted molar refractivity (Wildman–Crippen MR) is 69.9 cm³/mol. The summed E-state index contributed by atoms with van der Waals surface area (Å²) in [5.74, 6) is 0.172. The van der Waals surface area contributed by atoms with Gasteiger partial charge in [-0.2, -0.15) is 5.10 Å². The summed E-state index contributed by atoms with van der Waals surface area (Å²) in [6.07, 6.45) is 6.95. The summed E-state index contributed by atoms with van der Waals surface area (Å²) in [5, 5.41) is 7.48. The molecule has 1 aliphatic heterocycles. The SMILES string of the molecule is CN(Cc1cnn(C)c1)C(=O)C1(C)CCCCN1. The Morgan fingerprint density at radius 2 is 2.39 bits per heavy atom. The van der Waals surface area contributed by atoms with Crippen LogP contribution in [-0.4, -0.2) is 39.7 Å². The lowest BCUT2D eigenvalue weighted by molar-refractivity contribution is -0.137. The van der Waals surface area contributed by atoms with Crippen LogP contribution >= 0.6 is 0 Å². The number of hydrogen-bond donors (Lipinski definition) is 1. The summed E-state index contributed by atoms with van der Waals surface area (Å²) in [4.78, 5) is 14.3. The van der Waals surface area contributed by atoms with Crippen LogP contribution in [0.4, 0.5) is 0 Å². The Kier molecular flexibility index (Phi) is 3.71.